The summed E-state index contributed by atoms with van der Waals surface area (Å²) in [5.74, 6) is 1.31. The van der Waals surface area contributed by atoms with Crippen molar-refractivity contribution in [3.8, 4) is 0 Å². The molecular formula is C18H28ClN3O4S. The van der Waals surface area contributed by atoms with E-state index >= 15 is 0 Å². The highest BCUT2D eigenvalue weighted by Gasteiger charge is 2.31. The largest absolute Gasteiger partial charge is 0.383 e. The zero-order valence-corrected chi connectivity index (χ0v) is 17.2. The molecule has 152 valence electrons. The molecule has 2 heterocycles. The molecular weight excluding hydrogens is 390 g/mol. The van der Waals surface area contributed by atoms with Crippen LogP contribution in [-0.2, 0) is 14.8 Å². The number of hydrogen-bond acceptors (Lipinski definition) is 5. The van der Waals surface area contributed by atoms with E-state index in [1.165, 1.54) is 19.2 Å². The average molecular weight is 418 g/mol. The molecule has 2 aliphatic heterocycles. The molecule has 9 heteroatoms. The Kier molecular flexibility index (Phi) is 8.05. The number of carbonyl (C=O) groups is 1. The molecule has 0 spiro atoms. The van der Waals surface area contributed by atoms with E-state index in [1.807, 2.05) is 4.90 Å². The number of methoxy groups -OCH3 is 1. The highest BCUT2D eigenvalue weighted by atomic mass is 35.5. The number of hydrogen-bond donors (Lipinski definition) is 2. The topological polar surface area (TPSA) is 87.7 Å². The third-order valence-electron chi connectivity index (χ3n) is 5.32. The molecule has 0 bridgehead atoms. The van der Waals surface area contributed by atoms with E-state index < -0.39 is 10.0 Å². The monoisotopic (exact) mass is 417 g/mol. The summed E-state index contributed by atoms with van der Waals surface area (Å²) in [6, 6.07) is 6.17. The SMILES string of the molecule is COCCNS(=O)(=O)c1ccc(C(=O)N2CC[C@@H]3CNC[C@@H]3CC2)cc1.Cl. The van der Waals surface area contributed by atoms with Gasteiger partial charge in [-0.15, -0.1) is 12.4 Å². The lowest BCUT2D eigenvalue weighted by Crippen LogP contribution is -2.32. The first-order chi connectivity index (χ1) is 12.5. The second-order valence-corrected chi connectivity index (χ2v) is 8.73. The van der Waals surface area contributed by atoms with Gasteiger partial charge in [0, 0.05) is 32.3 Å². The fraction of sp³-hybridized carbons (Fsp3) is 0.611. The maximum atomic E-state index is 12.8. The molecule has 1 aromatic rings. The van der Waals surface area contributed by atoms with Crippen molar-refractivity contribution in [3.63, 3.8) is 0 Å². The Hall–Kier alpha value is -1.19. The maximum absolute atomic E-state index is 12.8. The Balaban J connectivity index is 0.00000261. The molecule has 0 radical (unpaired) electrons. The normalized spacial score (nSPS) is 22.6. The van der Waals surface area contributed by atoms with Crippen LogP contribution < -0.4 is 10.0 Å². The zero-order chi connectivity index (χ0) is 18.6. The third kappa shape index (κ3) is 5.42. The smallest absolute Gasteiger partial charge is 0.253 e. The zero-order valence-electron chi connectivity index (χ0n) is 15.5. The van der Waals surface area contributed by atoms with Crippen molar-refractivity contribution in [2.24, 2.45) is 11.8 Å². The van der Waals surface area contributed by atoms with Crippen LogP contribution >= 0.6 is 12.4 Å². The summed E-state index contributed by atoms with van der Waals surface area (Å²) in [4.78, 5) is 14.8. The van der Waals surface area contributed by atoms with E-state index in [0.29, 0.717) is 24.0 Å². The van der Waals surface area contributed by atoms with Crippen LogP contribution in [0, 0.1) is 11.8 Å². The minimum absolute atomic E-state index is 0. The van der Waals surface area contributed by atoms with Gasteiger partial charge in [-0.25, -0.2) is 13.1 Å². The van der Waals surface area contributed by atoms with E-state index in [0.717, 1.165) is 39.0 Å². The highest BCUT2D eigenvalue weighted by Crippen LogP contribution is 2.27. The van der Waals surface area contributed by atoms with E-state index in [9.17, 15) is 13.2 Å². The van der Waals surface area contributed by atoms with Gasteiger partial charge in [-0.2, -0.15) is 0 Å². The fourth-order valence-electron chi connectivity index (χ4n) is 3.74. The summed E-state index contributed by atoms with van der Waals surface area (Å²) >= 11 is 0. The quantitative estimate of drug-likeness (QED) is 0.677. The van der Waals surface area contributed by atoms with Crippen molar-refractivity contribution in [1.29, 1.82) is 0 Å². The molecule has 27 heavy (non-hydrogen) atoms. The maximum Gasteiger partial charge on any atom is 0.253 e. The van der Waals surface area contributed by atoms with E-state index in [-0.39, 0.29) is 29.8 Å². The van der Waals surface area contributed by atoms with Crippen LogP contribution in [0.1, 0.15) is 23.2 Å². The predicted molar refractivity (Wildman–Crippen MR) is 106 cm³/mol. The van der Waals surface area contributed by atoms with Gasteiger partial charge in [0.05, 0.1) is 11.5 Å². The number of sulfonamides is 1. The van der Waals surface area contributed by atoms with Gasteiger partial charge >= 0.3 is 0 Å². The van der Waals surface area contributed by atoms with Crippen molar-refractivity contribution in [3.05, 3.63) is 29.8 Å². The number of amides is 1. The van der Waals surface area contributed by atoms with E-state index in [1.54, 1.807) is 12.1 Å². The van der Waals surface area contributed by atoms with Gasteiger partial charge in [-0.1, -0.05) is 0 Å². The molecule has 2 fully saturated rings. The van der Waals surface area contributed by atoms with Crippen molar-refractivity contribution >= 4 is 28.3 Å². The van der Waals surface area contributed by atoms with E-state index in [2.05, 4.69) is 10.0 Å². The molecule has 0 saturated carbocycles. The van der Waals surface area contributed by atoms with Gasteiger partial charge < -0.3 is 15.0 Å². The summed E-state index contributed by atoms with van der Waals surface area (Å²) in [5, 5.41) is 3.43. The highest BCUT2D eigenvalue weighted by molar-refractivity contribution is 7.89. The van der Waals surface area contributed by atoms with E-state index in [4.69, 9.17) is 4.74 Å². The molecule has 3 rings (SSSR count). The number of halogens is 1. The molecule has 7 nitrogen and oxygen atoms in total. The van der Waals surface area contributed by atoms with Gasteiger partial charge in [-0.3, -0.25) is 4.79 Å². The van der Waals surface area contributed by atoms with Crippen molar-refractivity contribution in [1.82, 2.24) is 14.9 Å². The number of fused-ring (bicyclic) bond motifs is 1. The van der Waals surface area contributed by atoms with Crippen LogP contribution in [0.25, 0.3) is 0 Å². The van der Waals surface area contributed by atoms with Gasteiger partial charge in [0.25, 0.3) is 5.91 Å². The van der Waals surface area contributed by atoms with Crippen molar-refractivity contribution in [2.75, 3.05) is 46.4 Å². The molecule has 2 N–H and O–H groups in total. The number of carbonyl (C=O) groups excluding carboxylic acids is 1. The minimum Gasteiger partial charge on any atom is -0.383 e. The molecule has 1 amide bonds. The minimum atomic E-state index is -3.58. The number of benzene rings is 1. The van der Waals surface area contributed by atoms with Crippen LogP contribution in [0.15, 0.2) is 29.2 Å². The number of rotatable bonds is 6. The third-order valence-corrected chi connectivity index (χ3v) is 6.79. The van der Waals surface area contributed by atoms with Crippen molar-refractivity contribution < 1.29 is 17.9 Å². The molecule has 0 aromatic heterocycles. The van der Waals surface area contributed by atoms with Gasteiger partial charge in [0.15, 0.2) is 0 Å². The van der Waals surface area contributed by atoms with Crippen LogP contribution in [-0.4, -0.2) is 65.7 Å². The van der Waals surface area contributed by atoms with Crippen LogP contribution in [0.2, 0.25) is 0 Å². The average Bonchev–Trinajstić information content (AvgIpc) is 3.00. The number of nitrogens with zero attached hydrogens (tertiary/aromatic N) is 1. The summed E-state index contributed by atoms with van der Waals surface area (Å²) in [6.07, 6.45) is 2.05. The lowest BCUT2D eigenvalue weighted by molar-refractivity contribution is 0.0758. The molecule has 2 saturated heterocycles. The summed E-state index contributed by atoms with van der Waals surface area (Å²) in [5.41, 5.74) is 0.533. The Morgan fingerprint density at radius 2 is 1.78 bits per heavy atom. The molecule has 2 aliphatic rings. The number of likely N-dealkylation sites (tertiary alicyclic amines) is 1. The van der Waals surface area contributed by atoms with Crippen LogP contribution in [0.4, 0.5) is 0 Å². The van der Waals surface area contributed by atoms with Crippen LogP contribution in [0.3, 0.4) is 0 Å². The second-order valence-electron chi connectivity index (χ2n) is 6.96. The Morgan fingerprint density at radius 3 is 2.33 bits per heavy atom. The van der Waals surface area contributed by atoms with Crippen LogP contribution in [0.5, 0.6) is 0 Å². The molecule has 0 aliphatic carbocycles. The lowest BCUT2D eigenvalue weighted by Gasteiger charge is -2.21. The first-order valence-electron chi connectivity index (χ1n) is 9.10. The van der Waals surface area contributed by atoms with Gasteiger partial charge in [0.2, 0.25) is 10.0 Å². The number of ether oxygens (including phenoxy) is 1. The standard InChI is InChI=1S/C18H27N3O4S.ClH/c1-25-11-8-20-26(23,24)17-4-2-14(3-5-17)18(22)21-9-6-15-12-19-13-16(15)7-10-21;/h2-5,15-16,19-20H,6-13H2,1H3;1H/t15-,16+;. The predicted octanol–water partition coefficient (Wildman–Crippen LogP) is 1.10. The van der Waals surface area contributed by atoms with Gasteiger partial charge in [0.1, 0.15) is 0 Å². The number of nitrogens with one attached hydrogen (secondary N) is 2. The van der Waals surface area contributed by atoms with Crippen molar-refractivity contribution in [2.45, 2.75) is 17.7 Å². The first-order valence-corrected chi connectivity index (χ1v) is 10.6. The Labute approximate surface area is 167 Å². The molecule has 2 atom stereocenters. The Morgan fingerprint density at radius 1 is 1.19 bits per heavy atom. The fourth-order valence-corrected chi connectivity index (χ4v) is 4.75. The van der Waals surface area contributed by atoms with Gasteiger partial charge in [-0.05, 0) is 62.0 Å². The molecule has 1 aromatic carbocycles. The summed E-state index contributed by atoms with van der Waals surface area (Å²) < 4.78 is 31.7. The summed E-state index contributed by atoms with van der Waals surface area (Å²) in [7, 11) is -2.06. The Bertz CT molecular complexity index is 713. The second kappa shape index (κ2) is 9.84. The molecule has 0 unspecified atom stereocenters. The first kappa shape index (κ1) is 22.1. The summed E-state index contributed by atoms with van der Waals surface area (Å²) in [6.45, 7) is 4.15. The lowest BCUT2D eigenvalue weighted by atomic mass is 9.92.